The third-order valence-corrected chi connectivity index (χ3v) is 3.98. The van der Waals surface area contributed by atoms with Crippen molar-refractivity contribution in [3.8, 4) is 5.69 Å². The highest BCUT2D eigenvalue weighted by Gasteiger charge is 2.03. The number of aromatic nitrogens is 2. The Kier molecular flexibility index (Phi) is 6.14. The van der Waals surface area contributed by atoms with Gasteiger partial charge in [-0.2, -0.15) is 5.10 Å². The minimum Gasteiger partial charge on any atom is -0.356 e. The first kappa shape index (κ1) is 18.6. The van der Waals surface area contributed by atoms with Crippen molar-refractivity contribution in [1.82, 2.24) is 20.4 Å². The van der Waals surface area contributed by atoms with Crippen LogP contribution in [0.5, 0.6) is 0 Å². The van der Waals surface area contributed by atoms with E-state index in [2.05, 4.69) is 20.7 Å². The van der Waals surface area contributed by atoms with Gasteiger partial charge in [0.05, 0.1) is 11.4 Å². The van der Waals surface area contributed by atoms with Crippen molar-refractivity contribution in [2.75, 3.05) is 13.6 Å². The van der Waals surface area contributed by atoms with Gasteiger partial charge in [0.25, 0.3) is 0 Å². The number of hydrogen-bond donors (Lipinski definition) is 2. The molecular formula is C20H21F2N5. The molecule has 0 fully saturated rings. The van der Waals surface area contributed by atoms with Crippen molar-refractivity contribution in [3.05, 3.63) is 83.7 Å². The summed E-state index contributed by atoms with van der Waals surface area (Å²) >= 11 is 0. The van der Waals surface area contributed by atoms with Gasteiger partial charge in [0.1, 0.15) is 11.6 Å². The molecule has 140 valence electrons. The predicted octanol–water partition coefficient (Wildman–Crippen LogP) is 3.06. The van der Waals surface area contributed by atoms with E-state index in [9.17, 15) is 8.78 Å². The molecule has 2 aromatic carbocycles. The Morgan fingerprint density at radius 2 is 1.85 bits per heavy atom. The minimum atomic E-state index is -0.271. The van der Waals surface area contributed by atoms with Crippen LogP contribution in [0.3, 0.4) is 0 Å². The lowest BCUT2D eigenvalue weighted by Crippen LogP contribution is -2.37. The van der Waals surface area contributed by atoms with Gasteiger partial charge in [0.2, 0.25) is 0 Å². The molecule has 0 aliphatic rings. The molecule has 0 unspecified atom stereocenters. The number of guanidine groups is 1. The molecule has 1 aromatic heterocycles. The van der Waals surface area contributed by atoms with Gasteiger partial charge in [-0.1, -0.05) is 12.1 Å². The number of nitrogens with one attached hydrogen (secondary N) is 2. The summed E-state index contributed by atoms with van der Waals surface area (Å²) in [4.78, 5) is 4.16. The number of nitrogens with zero attached hydrogens (tertiary/aromatic N) is 3. The fraction of sp³-hybridized carbons (Fsp3) is 0.200. The summed E-state index contributed by atoms with van der Waals surface area (Å²) in [6.45, 7) is 1.12. The quantitative estimate of drug-likeness (QED) is 0.519. The molecule has 1 heterocycles. The molecule has 2 N–H and O–H groups in total. The standard InChI is InChI=1S/C20H21F2N5/c1-23-20(25-14-15-3-2-4-17(22)13-15)24-11-9-18-10-12-27(26-18)19-7-5-16(21)6-8-19/h2-8,10,12-13H,9,11,14H2,1H3,(H2,23,24,25). The SMILES string of the molecule is CN=C(NCCc1ccn(-c2ccc(F)cc2)n1)NCc1cccc(F)c1. The highest BCUT2D eigenvalue weighted by molar-refractivity contribution is 5.79. The molecule has 3 aromatic rings. The molecule has 0 aliphatic heterocycles. The molecule has 3 rings (SSSR count). The normalized spacial score (nSPS) is 11.4. The maximum atomic E-state index is 13.2. The summed E-state index contributed by atoms with van der Waals surface area (Å²) in [5, 5.41) is 10.8. The van der Waals surface area contributed by atoms with Crippen molar-refractivity contribution in [2.24, 2.45) is 4.99 Å². The van der Waals surface area contributed by atoms with Crippen molar-refractivity contribution < 1.29 is 8.78 Å². The van der Waals surface area contributed by atoms with Crippen molar-refractivity contribution in [2.45, 2.75) is 13.0 Å². The predicted molar refractivity (Wildman–Crippen MR) is 102 cm³/mol. The largest absolute Gasteiger partial charge is 0.356 e. The van der Waals surface area contributed by atoms with E-state index in [-0.39, 0.29) is 11.6 Å². The Hall–Kier alpha value is -3.22. The average Bonchev–Trinajstić information content (AvgIpc) is 3.14. The molecule has 0 radical (unpaired) electrons. The summed E-state index contributed by atoms with van der Waals surface area (Å²) < 4.78 is 27.9. The number of rotatable bonds is 6. The molecule has 0 spiro atoms. The van der Waals surface area contributed by atoms with Crippen LogP contribution < -0.4 is 10.6 Å². The smallest absolute Gasteiger partial charge is 0.191 e. The highest BCUT2D eigenvalue weighted by Crippen LogP contribution is 2.09. The van der Waals surface area contributed by atoms with Crippen LogP contribution in [-0.4, -0.2) is 29.3 Å². The van der Waals surface area contributed by atoms with E-state index in [1.165, 1.54) is 24.3 Å². The second-order valence-electron chi connectivity index (χ2n) is 5.96. The molecule has 0 bridgehead atoms. The lowest BCUT2D eigenvalue weighted by molar-refractivity contribution is 0.624. The van der Waals surface area contributed by atoms with E-state index < -0.39 is 0 Å². The molecular weight excluding hydrogens is 348 g/mol. The van der Waals surface area contributed by atoms with E-state index in [4.69, 9.17) is 0 Å². The molecule has 7 heteroatoms. The van der Waals surface area contributed by atoms with Gasteiger partial charge in [0, 0.05) is 32.8 Å². The maximum absolute atomic E-state index is 13.2. The Balaban J connectivity index is 1.47. The zero-order valence-electron chi connectivity index (χ0n) is 15.0. The van der Waals surface area contributed by atoms with Crippen LogP contribution >= 0.6 is 0 Å². The molecule has 0 saturated carbocycles. The van der Waals surface area contributed by atoms with Gasteiger partial charge in [-0.25, -0.2) is 13.5 Å². The van der Waals surface area contributed by atoms with E-state index >= 15 is 0 Å². The first-order valence-corrected chi connectivity index (χ1v) is 8.63. The van der Waals surface area contributed by atoms with Gasteiger partial charge in [-0.3, -0.25) is 4.99 Å². The second-order valence-corrected chi connectivity index (χ2v) is 5.96. The third kappa shape index (κ3) is 5.37. The Morgan fingerprint density at radius 1 is 1.04 bits per heavy atom. The van der Waals surface area contributed by atoms with E-state index in [1.807, 2.05) is 18.3 Å². The summed E-state index contributed by atoms with van der Waals surface area (Å²) in [5.41, 5.74) is 2.56. The van der Waals surface area contributed by atoms with Gasteiger partial charge in [0.15, 0.2) is 5.96 Å². The first-order chi connectivity index (χ1) is 13.1. The lowest BCUT2D eigenvalue weighted by Gasteiger charge is -2.11. The van der Waals surface area contributed by atoms with Crippen LogP contribution in [0.15, 0.2) is 65.8 Å². The monoisotopic (exact) mass is 369 g/mol. The Bertz CT molecular complexity index is 903. The molecule has 0 aliphatic carbocycles. The fourth-order valence-corrected chi connectivity index (χ4v) is 2.59. The van der Waals surface area contributed by atoms with Gasteiger partial charge >= 0.3 is 0 Å². The summed E-state index contributed by atoms with van der Waals surface area (Å²) in [7, 11) is 1.68. The second kappa shape index (κ2) is 8.93. The average molecular weight is 369 g/mol. The topological polar surface area (TPSA) is 54.2 Å². The van der Waals surface area contributed by atoms with Crippen LogP contribution in [0.25, 0.3) is 5.69 Å². The van der Waals surface area contributed by atoms with Crippen LogP contribution in [-0.2, 0) is 13.0 Å². The maximum Gasteiger partial charge on any atom is 0.191 e. The number of aliphatic imine (C=N–C) groups is 1. The fourth-order valence-electron chi connectivity index (χ4n) is 2.59. The number of halogens is 2. The van der Waals surface area contributed by atoms with Gasteiger partial charge < -0.3 is 10.6 Å². The summed E-state index contributed by atoms with van der Waals surface area (Å²) in [5.74, 6) is 0.110. The van der Waals surface area contributed by atoms with Crippen molar-refractivity contribution >= 4 is 5.96 Å². The summed E-state index contributed by atoms with van der Waals surface area (Å²) in [6.07, 6.45) is 2.55. The highest BCUT2D eigenvalue weighted by atomic mass is 19.1. The summed E-state index contributed by atoms with van der Waals surface area (Å²) in [6, 6.07) is 14.5. The zero-order chi connectivity index (χ0) is 19.1. The molecule has 0 amide bonds. The van der Waals surface area contributed by atoms with Crippen molar-refractivity contribution in [1.29, 1.82) is 0 Å². The number of benzene rings is 2. The molecule has 5 nitrogen and oxygen atoms in total. The van der Waals surface area contributed by atoms with Gasteiger partial charge in [-0.05, 0) is 48.0 Å². The van der Waals surface area contributed by atoms with E-state index in [0.29, 0.717) is 25.5 Å². The minimum absolute atomic E-state index is 0.256. The van der Waals surface area contributed by atoms with Crippen LogP contribution in [0.4, 0.5) is 8.78 Å². The van der Waals surface area contributed by atoms with Crippen molar-refractivity contribution in [3.63, 3.8) is 0 Å². The Morgan fingerprint density at radius 3 is 2.59 bits per heavy atom. The number of hydrogen-bond acceptors (Lipinski definition) is 2. The van der Waals surface area contributed by atoms with Gasteiger partial charge in [-0.15, -0.1) is 0 Å². The first-order valence-electron chi connectivity index (χ1n) is 8.63. The van der Waals surface area contributed by atoms with Crippen LogP contribution in [0, 0.1) is 11.6 Å². The van der Waals surface area contributed by atoms with E-state index in [0.717, 1.165) is 16.9 Å². The van der Waals surface area contributed by atoms with Crippen LogP contribution in [0.1, 0.15) is 11.3 Å². The molecule has 27 heavy (non-hydrogen) atoms. The van der Waals surface area contributed by atoms with E-state index in [1.54, 1.807) is 29.9 Å². The lowest BCUT2D eigenvalue weighted by atomic mass is 10.2. The van der Waals surface area contributed by atoms with Crippen LogP contribution in [0.2, 0.25) is 0 Å². The molecule has 0 saturated heterocycles. The third-order valence-electron chi connectivity index (χ3n) is 3.98. The molecule has 0 atom stereocenters. The zero-order valence-corrected chi connectivity index (χ0v) is 15.0. The Labute approximate surface area is 156 Å².